The van der Waals surface area contributed by atoms with Crippen LogP contribution in [0.15, 0.2) is 60.7 Å². The van der Waals surface area contributed by atoms with Gasteiger partial charge < -0.3 is 29.4 Å². The molecule has 0 radical (unpaired) electrons. The van der Waals surface area contributed by atoms with Gasteiger partial charge in [-0.3, -0.25) is 20.6 Å². The SMILES string of the molecule is Cn1c(-c2ccc(C3=[NH+]CCCN3)cc2)ccc1-c1ccc(C2=[NH+]CCCN2)cc1.[Cl-].[Cl-]. The first-order chi connectivity index (χ1) is 14.8. The molecule has 0 amide bonds. The molecule has 2 aliphatic heterocycles. The van der Waals surface area contributed by atoms with Gasteiger partial charge in [0.05, 0.1) is 37.3 Å². The van der Waals surface area contributed by atoms with Gasteiger partial charge in [-0.05, 0) is 47.5 Å². The van der Waals surface area contributed by atoms with Crippen LogP contribution in [-0.2, 0) is 7.05 Å². The summed E-state index contributed by atoms with van der Waals surface area (Å²) in [6, 6.07) is 22.0. The quantitative estimate of drug-likeness (QED) is 0.307. The summed E-state index contributed by atoms with van der Waals surface area (Å²) in [6.07, 6.45) is 2.34. The average Bonchev–Trinajstić information content (AvgIpc) is 3.22. The van der Waals surface area contributed by atoms with Gasteiger partial charge in [0.1, 0.15) is 0 Å². The summed E-state index contributed by atoms with van der Waals surface area (Å²) in [4.78, 5) is 6.90. The normalized spacial score (nSPS) is 15.3. The predicted octanol–water partition coefficient (Wildman–Crippen LogP) is -5.99. The van der Waals surface area contributed by atoms with E-state index in [1.807, 2.05) is 0 Å². The molecule has 3 heterocycles. The third-order valence-electron chi connectivity index (χ3n) is 5.97. The fourth-order valence-electron chi connectivity index (χ4n) is 4.27. The standard InChI is InChI=1S/C25H27N5.2ClH/c1-30-22(18-4-8-20(9-5-18)24-26-14-2-15-27-24)12-13-23(30)19-6-10-21(11-7-19)25-28-16-3-17-29-25;;/h4-13H,2-3,14-17H2,1H3,(H,26,27)(H,28,29);2*1H. The highest BCUT2D eigenvalue weighted by molar-refractivity contribution is 5.95. The van der Waals surface area contributed by atoms with E-state index in [0.717, 1.165) is 37.9 Å². The third-order valence-corrected chi connectivity index (χ3v) is 5.97. The molecule has 0 bridgehead atoms. The third kappa shape index (κ3) is 4.84. The fraction of sp³-hybridized carbons (Fsp3) is 0.280. The highest BCUT2D eigenvalue weighted by Gasteiger charge is 2.16. The van der Waals surface area contributed by atoms with Crippen molar-refractivity contribution in [3.8, 4) is 22.5 Å². The van der Waals surface area contributed by atoms with Crippen LogP contribution in [0, 0.1) is 0 Å². The molecule has 3 aromatic rings. The Hall–Kier alpha value is -2.76. The molecule has 1 aromatic heterocycles. The van der Waals surface area contributed by atoms with Crippen LogP contribution in [0.25, 0.3) is 22.5 Å². The summed E-state index contributed by atoms with van der Waals surface area (Å²) in [5, 5.41) is 6.90. The first-order valence-corrected chi connectivity index (χ1v) is 10.9. The molecule has 168 valence electrons. The van der Waals surface area contributed by atoms with Crippen LogP contribution in [0.2, 0.25) is 0 Å². The zero-order valence-corrected chi connectivity index (χ0v) is 19.7. The van der Waals surface area contributed by atoms with Crippen LogP contribution in [0.3, 0.4) is 0 Å². The summed E-state index contributed by atoms with van der Waals surface area (Å²) < 4.78 is 2.28. The molecule has 32 heavy (non-hydrogen) atoms. The summed E-state index contributed by atoms with van der Waals surface area (Å²) in [5.74, 6) is 2.28. The van der Waals surface area contributed by atoms with E-state index in [1.165, 1.54) is 46.5 Å². The first-order valence-electron chi connectivity index (χ1n) is 10.9. The summed E-state index contributed by atoms with van der Waals surface area (Å²) in [6.45, 7) is 4.15. The van der Waals surface area contributed by atoms with Gasteiger partial charge in [0.25, 0.3) is 11.7 Å². The van der Waals surface area contributed by atoms with Crippen molar-refractivity contribution in [2.75, 3.05) is 26.2 Å². The van der Waals surface area contributed by atoms with E-state index in [-0.39, 0.29) is 24.8 Å². The average molecular weight is 470 g/mol. The van der Waals surface area contributed by atoms with Gasteiger partial charge in [-0.15, -0.1) is 0 Å². The van der Waals surface area contributed by atoms with Crippen molar-refractivity contribution in [2.45, 2.75) is 12.8 Å². The fourth-order valence-corrected chi connectivity index (χ4v) is 4.27. The summed E-state index contributed by atoms with van der Waals surface area (Å²) in [5.41, 5.74) is 7.33. The van der Waals surface area contributed by atoms with Gasteiger partial charge in [0.15, 0.2) is 0 Å². The number of rotatable bonds is 4. The highest BCUT2D eigenvalue weighted by atomic mass is 35.5. The maximum Gasteiger partial charge on any atom is 0.274 e. The zero-order chi connectivity index (χ0) is 20.3. The lowest BCUT2D eigenvalue weighted by Gasteiger charge is -2.11. The van der Waals surface area contributed by atoms with E-state index < -0.39 is 0 Å². The van der Waals surface area contributed by atoms with Gasteiger partial charge in [-0.1, -0.05) is 24.3 Å². The van der Waals surface area contributed by atoms with E-state index in [0.29, 0.717) is 0 Å². The molecule has 5 rings (SSSR count). The van der Waals surface area contributed by atoms with Crippen molar-refractivity contribution in [1.82, 2.24) is 15.2 Å². The van der Waals surface area contributed by atoms with Gasteiger partial charge in [0, 0.05) is 31.3 Å². The molecule has 0 unspecified atom stereocenters. The Balaban J connectivity index is 0.00000144. The minimum Gasteiger partial charge on any atom is -1.00 e. The van der Waals surface area contributed by atoms with Crippen LogP contribution in [0.5, 0.6) is 0 Å². The Bertz CT molecular complexity index is 1010. The number of aromatic nitrogens is 1. The second-order valence-corrected chi connectivity index (χ2v) is 7.98. The van der Waals surface area contributed by atoms with E-state index in [9.17, 15) is 0 Å². The summed E-state index contributed by atoms with van der Waals surface area (Å²) in [7, 11) is 2.14. The molecule has 0 fully saturated rings. The second-order valence-electron chi connectivity index (χ2n) is 7.98. The van der Waals surface area contributed by atoms with Crippen LogP contribution >= 0.6 is 0 Å². The van der Waals surface area contributed by atoms with Gasteiger partial charge in [0.2, 0.25) is 0 Å². The summed E-state index contributed by atoms with van der Waals surface area (Å²) >= 11 is 0. The maximum absolute atomic E-state index is 3.45. The van der Waals surface area contributed by atoms with Crippen molar-refractivity contribution in [3.05, 3.63) is 71.8 Å². The lowest BCUT2D eigenvalue weighted by atomic mass is 10.1. The van der Waals surface area contributed by atoms with Crippen LogP contribution in [0.1, 0.15) is 24.0 Å². The number of amidine groups is 2. The topological polar surface area (TPSA) is 56.9 Å². The minimum atomic E-state index is 0. The van der Waals surface area contributed by atoms with Crippen LogP contribution < -0.4 is 45.4 Å². The van der Waals surface area contributed by atoms with Gasteiger partial charge >= 0.3 is 0 Å². The smallest absolute Gasteiger partial charge is 0.274 e. The molecule has 0 saturated heterocycles. The molecule has 2 aliphatic rings. The zero-order valence-electron chi connectivity index (χ0n) is 18.2. The molecule has 4 N–H and O–H groups in total. The van der Waals surface area contributed by atoms with Crippen LogP contribution in [0.4, 0.5) is 0 Å². The van der Waals surface area contributed by atoms with Gasteiger partial charge in [-0.2, -0.15) is 0 Å². The number of halogens is 2. The van der Waals surface area contributed by atoms with E-state index in [4.69, 9.17) is 0 Å². The second kappa shape index (κ2) is 10.7. The number of nitrogens with zero attached hydrogens (tertiary/aromatic N) is 1. The first kappa shape index (κ1) is 23.9. The Kier molecular flexibility index (Phi) is 7.99. The van der Waals surface area contributed by atoms with E-state index >= 15 is 0 Å². The lowest BCUT2D eigenvalue weighted by Crippen LogP contribution is -3.00. The predicted molar refractivity (Wildman–Crippen MR) is 121 cm³/mol. The van der Waals surface area contributed by atoms with E-state index in [1.54, 1.807) is 0 Å². The molecule has 7 heteroatoms. The molecule has 0 atom stereocenters. The lowest BCUT2D eigenvalue weighted by molar-refractivity contribution is -0.463. The van der Waals surface area contributed by atoms with Gasteiger partial charge in [-0.25, -0.2) is 0 Å². The molecular weight excluding hydrogens is 441 g/mol. The van der Waals surface area contributed by atoms with Crippen molar-refractivity contribution in [1.29, 1.82) is 0 Å². The van der Waals surface area contributed by atoms with Crippen molar-refractivity contribution in [2.24, 2.45) is 7.05 Å². The largest absolute Gasteiger partial charge is 1.00 e. The monoisotopic (exact) mass is 469 g/mol. The van der Waals surface area contributed by atoms with Crippen molar-refractivity contribution < 1.29 is 34.8 Å². The Morgan fingerprint density at radius 3 is 1.31 bits per heavy atom. The molecular formula is C25H29Cl2N5. The molecule has 0 spiro atoms. The number of hydrogen-bond acceptors (Lipinski definition) is 2. The Labute approximate surface area is 201 Å². The molecule has 0 saturated carbocycles. The van der Waals surface area contributed by atoms with Crippen molar-refractivity contribution >= 4 is 11.7 Å². The Morgan fingerprint density at radius 2 is 0.969 bits per heavy atom. The highest BCUT2D eigenvalue weighted by Crippen LogP contribution is 2.28. The Morgan fingerprint density at radius 1 is 0.594 bits per heavy atom. The molecule has 0 aliphatic carbocycles. The van der Waals surface area contributed by atoms with Crippen LogP contribution in [-0.4, -0.2) is 42.4 Å². The number of nitrogens with one attached hydrogen (secondary N) is 4. The molecule has 2 aromatic carbocycles. The minimum absolute atomic E-state index is 0. The number of hydrogen-bond donors (Lipinski definition) is 4. The van der Waals surface area contributed by atoms with E-state index in [2.05, 4.69) is 92.9 Å². The maximum atomic E-state index is 3.45. The number of benzene rings is 2. The van der Waals surface area contributed by atoms with Crippen molar-refractivity contribution in [3.63, 3.8) is 0 Å². The molecule has 5 nitrogen and oxygen atoms in total.